The van der Waals surface area contributed by atoms with E-state index in [9.17, 15) is 9.18 Å². The summed E-state index contributed by atoms with van der Waals surface area (Å²) >= 11 is 0. The summed E-state index contributed by atoms with van der Waals surface area (Å²) in [4.78, 5) is 14.7. The summed E-state index contributed by atoms with van der Waals surface area (Å²) in [7, 11) is 1.19. The number of pyridine rings is 1. The van der Waals surface area contributed by atoms with Crippen LogP contribution in [0.3, 0.4) is 0 Å². The van der Waals surface area contributed by atoms with Gasteiger partial charge in [0.2, 0.25) is 0 Å². The quantitative estimate of drug-likeness (QED) is 0.432. The number of methoxy groups -OCH3 is 1. The maximum absolute atomic E-state index is 13.5. The van der Waals surface area contributed by atoms with Crippen LogP contribution in [0.4, 0.5) is 10.2 Å². The van der Waals surface area contributed by atoms with E-state index < -0.39 is 11.8 Å². The van der Waals surface area contributed by atoms with Crippen LogP contribution in [-0.4, -0.2) is 18.1 Å². The second-order valence-corrected chi connectivity index (χ2v) is 2.77. The summed E-state index contributed by atoms with van der Waals surface area (Å²) < 4.78 is 17.9. The molecule has 1 aromatic heterocycles. The summed E-state index contributed by atoms with van der Waals surface area (Å²) in [6.45, 7) is 0. The molecule has 86 valence electrons. The van der Waals surface area contributed by atoms with Gasteiger partial charge < -0.3 is 10.5 Å². The van der Waals surface area contributed by atoms with Crippen LogP contribution in [0.1, 0.15) is 10.4 Å². The molecule has 7 heteroatoms. The minimum Gasteiger partial charge on any atom is -0.465 e. The maximum Gasteiger partial charge on any atom is 0.339 e. The predicted octanol–water partition coefficient (Wildman–Crippen LogP) is 0.117. The van der Waals surface area contributed by atoms with E-state index in [2.05, 4.69) is 9.72 Å². The first-order valence-corrected chi connectivity index (χ1v) is 4.26. The highest BCUT2D eigenvalue weighted by Crippen LogP contribution is 2.15. The second kappa shape index (κ2) is 5.08. The average Bonchev–Trinajstić information content (AvgIpc) is 2.28. The Morgan fingerprint density at radius 3 is 2.88 bits per heavy atom. The Kier molecular flexibility index (Phi) is 3.78. The molecule has 0 aliphatic carbocycles. The second-order valence-electron chi connectivity index (χ2n) is 2.77. The Morgan fingerprint density at radius 1 is 1.69 bits per heavy atom. The summed E-state index contributed by atoms with van der Waals surface area (Å²) in [5, 5.41) is 0.899. The fourth-order valence-electron chi connectivity index (χ4n) is 1.01. The van der Waals surface area contributed by atoms with Crippen molar-refractivity contribution in [2.45, 2.75) is 0 Å². The molecule has 1 rings (SSSR count). The lowest BCUT2D eigenvalue weighted by Crippen LogP contribution is -2.26. The fraction of sp³-hybridized carbons (Fsp3) is 0.111. The number of esters is 1. The van der Waals surface area contributed by atoms with Crippen LogP contribution in [0, 0.1) is 5.82 Å². The molecule has 0 aliphatic heterocycles. The van der Waals surface area contributed by atoms with Crippen molar-refractivity contribution in [1.29, 1.82) is 0 Å². The average molecular weight is 226 g/mol. The Morgan fingerprint density at radius 2 is 2.38 bits per heavy atom. The highest BCUT2D eigenvalue weighted by atomic mass is 19.1. The third-order valence-electron chi connectivity index (χ3n) is 1.73. The van der Waals surface area contributed by atoms with E-state index in [1.807, 2.05) is 0 Å². The zero-order valence-electron chi connectivity index (χ0n) is 8.55. The third kappa shape index (κ3) is 2.45. The molecule has 1 heterocycles. The van der Waals surface area contributed by atoms with Gasteiger partial charge in [0.15, 0.2) is 11.6 Å². The number of carbonyl (C=O) groups is 1. The Bertz CT molecular complexity index is 422. The number of hydrazine groups is 1. The van der Waals surface area contributed by atoms with Gasteiger partial charge in [-0.1, -0.05) is 0 Å². The van der Waals surface area contributed by atoms with Crippen LogP contribution in [-0.2, 0) is 4.74 Å². The molecule has 0 saturated heterocycles. The molecule has 0 amide bonds. The van der Waals surface area contributed by atoms with Crippen molar-refractivity contribution in [3.05, 3.63) is 36.0 Å². The predicted molar refractivity (Wildman–Crippen MR) is 55.5 cm³/mol. The summed E-state index contributed by atoms with van der Waals surface area (Å²) in [5.41, 5.74) is 5.10. The highest BCUT2D eigenvalue weighted by molar-refractivity contribution is 5.89. The van der Waals surface area contributed by atoms with Crippen LogP contribution >= 0.6 is 0 Å². The first-order valence-electron chi connectivity index (χ1n) is 4.26. The lowest BCUT2D eigenvalue weighted by Gasteiger charge is -2.12. The molecule has 0 atom stereocenters. The van der Waals surface area contributed by atoms with Gasteiger partial charge in [-0.15, -0.1) is 0 Å². The van der Waals surface area contributed by atoms with Crippen LogP contribution in [0.25, 0.3) is 0 Å². The first kappa shape index (κ1) is 11.9. The molecule has 0 fully saturated rings. The van der Waals surface area contributed by atoms with Crippen LogP contribution < -0.4 is 16.6 Å². The molecule has 4 N–H and O–H groups in total. The van der Waals surface area contributed by atoms with Crippen molar-refractivity contribution in [2.24, 2.45) is 11.6 Å². The number of carbonyl (C=O) groups excluding carboxylic acids is 1. The molecular weight excluding hydrogens is 215 g/mol. The number of nitrogens with zero attached hydrogens (tertiary/aromatic N) is 2. The lowest BCUT2D eigenvalue weighted by molar-refractivity contribution is 0.0599. The SMILES string of the molecule is COC(=O)c1cnc(N(N)/C=C\N)c(F)c1. The highest BCUT2D eigenvalue weighted by Gasteiger charge is 2.13. The molecule has 0 saturated carbocycles. The van der Waals surface area contributed by atoms with Gasteiger partial charge in [-0.25, -0.2) is 20.0 Å². The van der Waals surface area contributed by atoms with Crippen LogP contribution in [0.2, 0.25) is 0 Å². The van der Waals surface area contributed by atoms with Gasteiger partial charge in [-0.3, -0.25) is 5.01 Å². The van der Waals surface area contributed by atoms with Crippen molar-refractivity contribution >= 4 is 11.8 Å². The van der Waals surface area contributed by atoms with Crippen molar-refractivity contribution < 1.29 is 13.9 Å². The number of ether oxygens (including phenoxy) is 1. The number of anilines is 1. The Balaban J connectivity index is 3.04. The number of hydrogen-bond acceptors (Lipinski definition) is 6. The Labute approximate surface area is 91.3 Å². The minimum atomic E-state index is -0.747. The first-order chi connectivity index (χ1) is 7.60. The number of hydrogen-bond donors (Lipinski definition) is 2. The van der Waals surface area contributed by atoms with Gasteiger partial charge in [0, 0.05) is 18.6 Å². The monoisotopic (exact) mass is 226 g/mol. The van der Waals surface area contributed by atoms with Crippen molar-refractivity contribution in [2.75, 3.05) is 12.1 Å². The van der Waals surface area contributed by atoms with Gasteiger partial charge in [-0.05, 0) is 6.07 Å². The molecule has 16 heavy (non-hydrogen) atoms. The number of halogens is 1. The number of nitrogens with two attached hydrogens (primary N) is 2. The molecule has 6 nitrogen and oxygen atoms in total. The van der Waals surface area contributed by atoms with Crippen LogP contribution in [0.15, 0.2) is 24.7 Å². The molecule has 0 bridgehead atoms. The maximum atomic E-state index is 13.5. The largest absolute Gasteiger partial charge is 0.465 e. The van der Waals surface area contributed by atoms with Gasteiger partial charge >= 0.3 is 5.97 Å². The standard InChI is InChI=1S/C9H11FN4O2/c1-16-9(15)6-4-7(10)8(13-5-6)14(12)3-2-11/h2-5H,11-12H2,1H3/b3-2-. The smallest absolute Gasteiger partial charge is 0.339 e. The van der Waals surface area contributed by atoms with Crippen molar-refractivity contribution in [3.63, 3.8) is 0 Å². The molecule has 0 aliphatic rings. The zero-order chi connectivity index (χ0) is 12.1. The van der Waals surface area contributed by atoms with E-state index in [4.69, 9.17) is 11.6 Å². The topological polar surface area (TPSA) is 94.5 Å². The molecule has 0 radical (unpaired) electrons. The summed E-state index contributed by atoms with van der Waals surface area (Å²) in [6, 6.07) is 0.985. The van der Waals surface area contributed by atoms with Crippen molar-refractivity contribution in [3.8, 4) is 0 Å². The molecule has 0 unspecified atom stereocenters. The summed E-state index contributed by atoms with van der Waals surface area (Å²) in [6.07, 6.45) is 3.52. The third-order valence-corrected chi connectivity index (χ3v) is 1.73. The fourth-order valence-corrected chi connectivity index (χ4v) is 1.01. The van der Waals surface area contributed by atoms with E-state index in [0.29, 0.717) is 0 Å². The summed E-state index contributed by atoms with van der Waals surface area (Å²) in [5.74, 6) is 3.85. The van der Waals surface area contributed by atoms with E-state index in [1.165, 1.54) is 13.3 Å². The van der Waals surface area contributed by atoms with Gasteiger partial charge in [-0.2, -0.15) is 0 Å². The Hall–Kier alpha value is -2.15. The molecule has 0 aromatic carbocycles. The van der Waals surface area contributed by atoms with Gasteiger partial charge in [0.05, 0.1) is 12.7 Å². The zero-order valence-corrected chi connectivity index (χ0v) is 8.55. The molecular formula is C9H11FN4O2. The molecule has 1 aromatic rings. The number of aromatic nitrogens is 1. The lowest BCUT2D eigenvalue weighted by atomic mass is 10.3. The number of rotatable bonds is 3. The van der Waals surface area contributed by atoms with E-state index in [0.717, 1.165) is 23.5 Å². The van der Waals surface area contributed by atoms with Gasteiger partial charge in [0.25, 0.3) is 0 Å². The molecule has 0 spiro atoms. The van der Waals surface area contributed by atoms with Crippen molar-refractivity contribution in [1.82, 2.24) is 4.98 Å². The van der Waals surface area contributed by atoms with E-state index in [1.54, 1.807) is 0 Å². The van der Waals surface area contributed by atoms with E-state index in [-0.39, 0.29) is 11.4 Å². The van der Waals surface area contributed by atoms with E-state index >= 15 is 0 Å². The van der Waals surface area contributed by atoms with Gasteiger partial charge in [0.1, 0.15) is 0 Å². The minimum absolute atomic E-state index is 0.00822. The van der Waals surface area contributed by atoms with Crippen LogP contribution in [0.5, 0.6) is 0 Å². The normalized spacial score (nSPS) is 10.4.